The minimum atomic E-state index is -0.602. The van der Waals surface area contributed by atoms with Crippen LogP contribution in [0.4, 0.5) is 0 Å². The van der Waals surface area contributed by atoms with Crippen molar-refractivity contribution in [1.82, 2.24) is 4.98 Å². The molecule has 112 valence electrons. The second kappa shape index (κ2) is 5.58. The fourth-order valence-corrected chi connectivity index (χ4v) is 3.84. The van der Waals surface area contributed by atoms with Gasteiger partial charge in [0.05, 0.1) is 12.1 Å². The van der Waals surface area contributed by atoms with Crippen molar-refractivity contribution in [3.8, 4) is 5.75 Å². The lowest BCUT2D eigenvalue weighted by atomic mass is 10.1. The van der Waals surface area contributed by atoms with Crippen molar-refractivity contribution in [2.45, 2.75) is 11.8 Å². The fourth-order valence-electron chi connectivity index (χ4n) is 2.02. The van der Waals surface area contributed by atoms with Crippen molar-refractivity contribution in [2.75, 3.05) is 7.11 Å². The molecule has 0 unspecified atom stereocenters. The van der Waals surface area contributed by atoms with E-state index in [-0.39, 0.29) is 21.3 Å². The second-order valence-electron chi connectivity index (χ2n) is 4.52. The number of ketones is 2. The van der Waals surface area contributed by atoms with Crippen LogP contribution in [0.1, 0.15) is 25.2 Å². The number of benzene rings is 1. The lowest BCUT2D eigenvalue weighted by molar-refractivity contribution is 0.0934. The molecular weight excluding hydrogens is 322 g/mol. The van der Waals surface area contributed by atoms with Crippen LogP contribution in [0.2, 0.25) is 0 Å². The molecule has 22 heavy (non-hydrogen) atoms. The zero-order valence-corrected chi connectivity index (χ0v) is 13.4. The molecule has 0 atom stereocenters. The van der Waals surface area contributed by atoms with Crippen LogP contribution in [0.25, 0.3) is 0 Å². The molecule has 1 aliphatic rings. The molecule has 0 bridgehead atoms. The lowest BCUT2D eigenvalue weighted by Gasteiger charge is -2.13. The molecule has 3 rings (SSSR count). The zero-order chi connectivity index (χ0) is 15.9. The molecule has 0 aliphatic heterocycles. The van der Waals surface area contributed by atoms with Crippen molar-refractivity contribution in [3.05, 3.63) is 50.5 Å². The van der Waals surface area contributed by atoms with E-state index in [9.17, 15) is 14.7 Å². The van der Waals surface area contributed by atoms with Crippen LogP contribution < -0.4 is 4.74 Å². The van der Waals surface area contributed by atoms with E-state index < -0.39 is 11.5 Å². The standard InChI is InChI=1S/C15H11NO4S2/c1-7-16-10-11(17)12(18)15(13(19)14(10)21-7)22-9-5-3-8(20-2)4-6-9/h3-6,18H,1-2H3. The van der Waals surface area contributed by atoms with Crippen LogP contribution in [0, 0.1) is 6.92 Å². The predicted octanol–water partition coefficient (Wildman–Crippen LogP) is 3.40. The Labute approximate surface area is 134 Å². The van der Waals surface area contributed by atoms with Crippen LogP contribution >= 0.6 is 23.1 Å². The number of rotatable bonds is 3. The van der Waals surface area contributed by atoms with Crippen molar-refractivity contribution < 1.29 is 19.4 Å². The number of carbonyl (C=O) groups excluding carboxylic acids is 2. The van der Waals surface area contributed by atoms with E-state index in [4.69, 9.17) is 4.74 Å². The number of aryl methyl sites for hydroxylation is 1. The summed E-state index contributed by atoms with van der Waals surface area (Å²) in [7, 11) is 1.56. The molecule has 0 amide bonds. The van der Waals surface area contributed by atoms with Crippen LogP contribution in [-0.2, 0) is 0 Å². The number of aliphatic hydroxyl groups is 1. The lowest BCUT2D eigenvalue weighted by Crippen LogP contribution is -2.19. The Bertz CT molecular complexity index is 805. The summed E-state index contributed by atoms with van der Waals surface area (Å²) in [5.74, 6) is -0.814. The topological polar surface area (TPSA) is 76.5 Å². The molecule has 0 fully saturated rings. The number of hydrogen-bond acceptors (Lipinski definition) is 7. The number of thioether (sulfide) groups is 1. The number of aromatic nitrogens is 1. The average Bonchev–Trinajstić information content (AvgIpc) is 2.92. The summed E-state index contributed by atoms with van der Waals surface area (Å²) in [6.45, 7) is 1.72. The number of allylic oxidation sites excluding steroid dienone is 2. The number of aliphatic hydroxyl groups excluding tert-OH is 1. The van der Waals surface area contributed by atoms with Gasteiger partial charge in [-0.2, -0.15) is 0 Å². The predicted molar refractivity (Wildman–Crippen MR) is 84.0 cm³/mol. The Morgan fingerprint density at radius 1 is 1.18 bits per heavy atom. The van der Waals surface area contributed by atoms with Crippen LogP contribution in [0.15, 0.2) is 39.8 Å². The molecule has 2 aromatic rings. The first kappa shape index (κ1) is 14.8. The molecule has 0 saturated heterocycles. The van der Waals surface area contributed by atoms with E-state index in [1.807, 2.05) is 0 Å². The Balaban J connectivity index is 1.97. The number of ether oxygens (including phenoxy) is 1. The van der Waals surface area contributed by atoms with Gasteiger partial charge in [0.25, 0.3) is 0 Å². The Morgan fingerprint density at radius 2 is 1.86 bits per heavy atom. The quantitative estimate of drug-likeness (QED) is 0.928. The average molecular weight is 333 g/mol. The molecule has 1 aliphatic carbocycles. The number of carbonyl (C=O) groups is 2. The molecule has 0 radical (unpaired) electrons. The first-order valence-electron chi connectivity index (χ1n) is 6.33. The number of methoxy groups -OCH3 is 1. The highest BCUT2D eigenvalue weighted by Crippen LogP contribution is 2.38. The summed E-state index contributed by atoms with van der Waals surface area (Å²) >= 11 is 2.22. The molecule has 1 N–H and O–H groups in total. The van der Waals surface area contributed by atoms with E-state index in [1.54, 1.807) is 38.3 Å². The van der Waals surface area contributed by atoms with E-state index in [0.29, 0.717) is 10.8 Å². The zero-order valence-electron chi connectivity index (χ0n) is 11.7. The monoisotopic (exact) mass is 333 g/mol. The van der Waals surface area contributed by atoms with Crippen LogP contribution in [0.5, 0.6) is 5.75 Å². The molecule has 1 heterocycles. The van der Waals surface area contributed by atoms with Gasteiger partial charge in [-0.05, 0) is 31.2 Å². The smallest absolute Gasteiger partial charge is 0.248 e. The highest BCUT2D eigenvalue weighted by atomic mass is 32.2. The summed E-state index contributed by atoms with van der Waals surface area (Å²) in [6, 6.07) is 7.01. The van der Waals surface area contributed by atoms with Crippen molar-refractivity contribution in [3.63, 3.8) is 0 Å². The minimum absolute atomic E-state index is 0.0336. The molecule has 1 aromatic heterocycles. The van der Waals surface area contributed by atoms with Gasteiger partial charge in [-0.1, -0.05) is 11.8 Å². The second-order valence-corrected chi connectivity index (χ2v) is 6.81. The summed E-state index contributed by atoms with van der Waals surface area (Å²) in [4.78, 5) is 29.7. The Kier molecular flexibility index (Phi) is 3.76. The summed E-state index contributed by atoms with van der Waals surface area (Å²) < 4.78 is 5.07. The molecule has 5 nitrogen and oxygen atoms in total. The van der Waals surface area contributed by atoms with E-state index >= 15 is 0 Å². The first-order valence-corrected chi connectivity index (χ1v) is 7.96. The maximum Gasteiger partial charge on any atom is 0.248 e. The van der Waals surface area contributed by atoms with Gasteiger partial charge in [-0.3, -0.25) is 9.59 Å². The van der Waals surface area contributed by atoms with Gasteiger partial charge in [0, 0.05) is 4.90 Å². The van der Waals surface area contributed by atoms with Crippen molar-refractivity contribution in [2.24, 2.45) is 0 Å². The van der Waals surface area contributed by atoms with Gasteiger partial charge in [0.2, 0.25) is 11.6 Å². The third kappa shape index (κ3) is 2.42. The largest absolute Gasteiger partial charge is 0.503 e. The fraction of sp³-hybridized carbons (Fsp3) is 0.133. The SMILES string of the molecule is COc1ccc(SC2=C(O)C(=O)c3nc(C)sc3C2=O)cc1. The number of Topliss-reactive ketones (excluding diaryl/α,β-unsaturated/α-hetero) is 2. The highest BCUT2D eigenvalue weighted by molar-refractivity contribution is 8.04. The normalized spacial score (nSPS) is 14.3. The summed E-state index contributed by atoms with van der Waals surface area (Å²) in [5, 5.41) is 10.7. The Hall–Kier alpha value is -2.12. The molecule has 0 saturated carbocycles. The Morgan fingerprint density at radius 3 is 2.50 bits per heavy atom. The van der Waals surface area contributed by atoms with Gasteiger partial charge in [-0.15, -0.1) is 11.3 Å². The van der Waals surface area contributed by atoms with Gasteiger partial charge >= 0.3 is 0 Å². The summed E-state index contributed by atoms with van der Waals surface area (Å²) in [6.07, 6.45) is 0. The number of nitrogens with zero attached hydrogens (tertiary/aromatic N) is 1. The van der Waals surface area contributed by atoms with Gasteiger partial charge in [0.15, 0.2) is 5.76 Å². The molecule has 7 heteroatoms. The minimum Gasteiger partial charge on any atom is -0.503 e. The molecule has 0 spiro atoms. The van der Waals surface area contributed by atoms with Crippen molar-refractivity contribution >= 4 is 34.7 Å². The van der Waals surface area contributed by atoms with Crippen LogP contribution in [-0.4, -0.2) is 28.8 Å². The van der Waals surface area contributed by atoms with Gasteiger partial charge in [-0.25, -0.2) is 4.98 Å². The number of hydrogen-bond donors (Lipinski definition) is 1. The molecular formula is C15H11NO4S2. The van der Waals surface area contributed by atoms with Gasteiger partial charge < -0.3 is 9.84 Å². The highest BCUT2D eigenvalue weighted by Gasteiger charge is 2.36. The molecule has 1 aromatic carbocycles. The maximum atomic E-state index is 12.5. The van der Waals surface area contributed by atoms with Crippen LogP contribution in [0.3, 0.4) is 0 Å². The number of thiazole rings is 1. The third-order valence-corrected chi connectivity index (χ3v) is 5.13. The number of fused-ring (bicyclic) bond motifs is 1. The van der Waals surface area contributed by atoms with E-state index in [1.165, 1.54) is 0 Å². The van der Waals surface area contributed by atoms with E-state index in [0.717, 1.165) is 28.0 Å². The maximum absolute atomic E-state index is 12.5. The first-order chi connectivity index (χ1) is 10.5. The van der Waals surface area contributed by atoms with E-state index in [2.05, 4.69) is 4.98 Å². The summed E-state index contributed by atoms with van der Waals surface area (Å²) in [5.41, 5.74) is 0.0454. The third-order valence-electron chi connectivity index (χ3n) is 3.07. The van der Waals surface area contributed by atoms with Crippen molar-refractivity contribution in [1.29, 1.82) is 0 Å². The van der Waals surface area contributed by atoms with Gasteiger partial charge in [0.1, 0.15) is 21.2 Å².